The molecule has 0 amide bonds. The third-order valence-electron chi connectivity index (χ3n) is 0.500. The first-order valence-corrected chi connectivity index (χ1v) is 9.62. The van der Waals surface area contributed by atoms with Crippen LogP contribution in [-0.4, -0.2) is 41.8 Å². The molecule has 0 aliphatic carbocycles. The maximum Gasteiger partial charge on any atom is 0.0311 e. The second-order valence-electron chi connectivity index (χ2n) is 1.37. The van der Waals surface area contributed by atoms with Gasteiger partial charge in [0.05, 0.1) is 0 Å². The number of hydrogen-bond acceptors (Lipinski definition) is 4. The summed E-state index contributed by atoms with van der Waals surface area (Å²) in [5.41, 5.74) is 0. The average molecular weight is 361 g/mol. The van der Waals surface area contributed by atoms with E-state index in [4.69, 9.17) is 17.5 Å². The van der Waals surface area contributed by atoms with E-state index < -0.39 is 10.4 Å². The Balaban J connectivity index is 0. The first kappa shape index (κ1) is 13.4. The molecule has 0 aromatic carbocycles. The minimum absolute atomic E-state index is 0.0494. The van der Waals surface area contributed by atoms with E-state index in [1.165, 1.54) is 7.96 Å². The Labute approximate surface area is 73.8 Å². The summed E-state index contributed by atoms with van der Waals surface area (Å²) in [4.78, 5) is 0. The molecule has 0 atom stereocenters. The van der Waals surface area contributed by atoms with E-state index >= 15 is 0 Å². The van der Waals surface area contributed by atoms with Gasteiger partial charge in [0.2, 0.25) is 0 Å². The molecule has 0 aromatic rings. The quantitative estimate of drug-likeness (QED) is 0.401. The Hall–Kier alpha value is 0.792. The van der Waals surface area contributed by atoms with E-state index in [0.717, 1.165) is 0 Å². The van der Waals surface area contributed by atoms with Crippen molar-refractivity contribution in [1.82, 2.24) is 0 Å². The second kappa shape index (κ2) is 7.89. The molecule has 0 bridgehead atoms. The minimum atomic E-state index is -5.17. The number of rotatable bonds is 2. The molecule has 6 heteroatoms. The molecule has 4 nitrogen and oxygen atoms in total. The molecule has 0 saturated carbocycles. The van der Waals surface area contributed by atoms with E-state index in [-0.39, 0.29) is 24.2 Å². The van der Waals surface area contributed by atoms with Crippen LogP contribution in [0.25, 0.3) is 0 Å². The van der Waals surface area contributed by atoms with Crippen LogP contribution in [0.5, 0.6) is 0 Å². The van der Waals surface area contributed by atoms with Crippen molar-refractivity contribution < 1.29 is 17.5 Å². The largest absolute Gasteiger partial charge is 0.759 e. The predicted molar refractivity (Wildman–Crippen MR) is 37.2 cm³/mol. The Kier molecular flexibility index (Phi) is 10.6. The van der Waals surface area contributed by atoms with Crippen LogP contribution in [0.15, 0.2) is 0 Å². The van der Waals surface area contributed by atoms with E-state index in [1.54, 1.807) is 0 Å². The van der Waals surface area contributed by atoms with Crippen LogP contribution in [0.1, 0.15) is 13.8 Å². The maximum absolute atomic E-state index is 8.52. The van der Waals surface area contributed by atoms with Crippen LogP contribution in [0.2, 0.25) is 7.96 Å². The molecular formula is C4H10O4PbS. The van der Waals surface area contributed by atoms with Crippen molar-refractivity contribution >= 4 is 34.6 Å². The third-order valence-corrected chi connectivity index (χ3v) is 4.39. The monoisotopic (exact) mass is 362 g/mol. The van der Waals surface area contributed by atoms with Crippen molar-refractivity contribution in [3.8, 4) is 0 Å². The average Bonchev–Trinajstić information content (AvgIpc) is 1.63. The standard InChI is InChI=1S/2C2H5.H2O4S.Pb/c2*1-2;1-5(2,3)4;/h2*1H2,2H3;(H2,1,2,3,4);/q;;;+2/p-2. The Bertz CT molecular complexity index is 131. The minimum Gasteiger partial charge on any atom is -0.759 e. The van der Waals surface area contributed by atoms with Gasteiger partial charge in [-0.2, -0.15) is 0 Å². The summed E-state index contributed by atoms with van der Waals surface area (Å²) in [5, 5.41) is 0. The van der Waals surface area contributed by atoms with Gasteiger partial charge in [-0.1, -0.05) is 0 Å². The van der Waals surface area contributed by atoms with Crippen LogP contribution < -0.4 is 0 Å². The van der Waals surface area contributed by atoms with Crippen LogP contribution in [0.3, 0.4) is 0 Å². The summed E-state index contributed by atoms with van der Waals surface area (Å²) in [6.07, 6.45) is 0. The Morgan fingerprint density at radius 2 is 1.40 bits per heavy atom. The molecule has 0 unspecified atom stereocenters. The van der Waals surface area contributed by atoms with Gasteiger partial charge in [0.25, 0.3) is 0 Å². The van der Waals surface area contributed by atoms with E-state index in [0.29, 0.717) is 0 Å². The van der Waals surface area contributed by atoms with Crippen LogP contribution in [0.4, 0.5) is 0 Å². The fraction of sp³-hybridized carbons (Fsp3) is 1.00. The fourth-order valence-corrected chi connectivity index (χ4v) is 2.19. The zero-order chi connectivity index (χ0) is 8.62. The molecule has 0 spiro atoms. The van der Waals surface area contributed by atoms with Gasteiger partial charge in [-0.25, -0.2) is 0 Å². The normalized spacial score (nSPS) is 9.20. The van der Waals surface area contributed by atoms with E-state index in [2.05, 4.69) is 13.8 Å². The van der Waals surface area contributed by atoms with Crippen molar-refractivity contribution in [2.24, 2.45) is 0 Å². The van der Waals surface area contributed by atoms with Gasteiger partial charge < -0.3 is 9.11 Å². The molecular weight excluding hydrogens is 351 g/mol. The van der Waals surface area contributed by atoms with Crippen LogP contribution in [-0.2, 0) is 10.4 Å². The summed E-state index contributed by atoms with van der Waals surface area (Å²) in [6, 6.07) is 0. The van der Waals surface area contributed by atoms with Gasteiger partial charge in [-0.15, -0.1) is 0 Å². The number of hydrogen-bond donors (Lipinski definition) is 0. The molecule has 0 heterocycles. The topological polar surface area (TPSA) is 80.3 Å². The summed E-state index contributed by atoms with van der Waals surface area (Å²) in [6.45, 7) is 4.60. The smallest absolute Gasteiger partial charge is 0.0311 e. The molecule has 0 saturated heterocycles. The van der Waals surface area contributed by atoms with Gasteiger partial charge in [0.1, 0.15) is 0 Å². The summed E-state index contributed by atoms with van der Waals surface area (Å²) >= 11 is 0.0494. The van der Waals surface area contributed by atoms with Crippen LogP contribution in [0, 0.1) is 0 Å². The van der Waals surface area contributed by atoms with Gasteiger partial charge in [0, 0.05) is 10.4 Å². The predicted octanol–water partition coefficient (Wildman–Crippen LogP) is 0.229. The van der Waals surface area contributed by atoms with Crippen LogP contribution >= 0.6 is 0 Å². The van der Waals surface area contributed by atoms with Gasteiger partial charge in [-0.3, -0.25) is 8.42 Å². The fourth-order valence-electron chi connectivity index (χ4n) is 0.250. The summed E-state index contributed by atoms with van der Waals surface area (Å²) in [7, 11) is -5.17. The third kappa shape index (κ3) is 68.5. The van der Waals surface area contributed by atoms with Gasteiger partial charge >= 0.3 is 46.0 Å². The molecule has 60 valence electrons. The molecule has 10 heavy (non-hydrogen) atoms. The van der Waals surface area contributed by atoms with Gasteiger partial charge in [0.15, 0.2) is 0 Å². The first-order chi connectivity index (χ1) is 4.41. The van der Waals surface area contributed by atoms with Crippen molar-refractivity contribution in [3.63, 3.8) is 0 Å². The van der Waals surface area contributed by atoms with Crippen molar-refractivity contribution in [2.75, 3.05) is 0 Å². The Morgan fingerprint density at radius 1 is 1.20 bits per heavy atom. The molecule has 0 rings (SSSR count). The molecule has 0 fully saturated rings. The molecule has 0 aliphatic rings. The summed E-state index contributed by atoms with van der Waals surface area (Å²) < 4.78 is 37.2. The first-order valence-electron chi connectivity index (χ1n) is 2.79. The van der Waals surface area contributed by atoms with Gasteiger partial charge in [-0.05, 0) is 0 Å². The van der Waals surface area contributed by atoms with E-state index in [1.807, 2.05) is 0 Å². The zero-order valence-electron chi connectivity index (χ0n) is 5.96. The summed E-state index contributed by atoms with van der Waals surface area (Å²) in [5.74, 6) is 0. The molecule has 0 aliphatic heterocycles. The van der Waals surface area contributed by atoms with E-state index in [9.17, 15) is 0 Å². The SMILES string of the molecule is C[CH2][Pb+2][CH2]C.O=S(=O)([O-])[O-]. The Morgan fingerprint density at radius 3 is 1.40 bits per heavy atom. The zero-order valence-corrected chi connectivity index (χ0v) is 10.7. The maximum atomic E-state index is 8.52. The molecule has 0 radical (unpaired) electrons. The molecule has 0 N–H and O–H groups in total. The van der Waals surface area contributed by atoms with Crippen molar-refractivity contribution in [1.29, 1.82) is 0 Å². The van der Waals surface area contributed by atoms with Crippen molar-refractivity contribution in [3.05, 3.63) is 0 Å². The second-order valence-corrected chi connectivity index (χ2v) is 9.62. The van der Waals surface area contributed by atoms with Crippen molar-refractivity contribution in [2.45, 2.75) is 21.8 Å². The molecule has 0 aromatic heterocycles.